The molecule has 2 nitrogen and oxygen atoms in total. The van der Waals surface area contributed by atoms with E-state index < -0.39 is 0 Å². The van der Waals surface area contributed by atoms with Gasteiger partial charge in [0.05, 0.1) is 5.03 Å². The van der Waals surface area contributed by atoms with Gasteiger partial charge in [0.15, 0.2) is 0 Å². The highest BCUT2D eigenvalue weighted by Gasteiger charge is 2.20. The zero-order valence-electron chi connectivity index (χ0n) is 10.7. The van der Waals surface area contributed by atoms with E-state index in [0.29, 0.717) is 0 Å². The predicted molar refractivity (Wildman–Crippen MR) is 74.1 cm³/mol. The lowest BCUT2D eigenvalue weighted by Gasteiger charge is -2.25. The summed E-state index contributed by atoms with van der Waals surface area (Å²) in [6.07, 6.45) is 7.30. The normalized spacial score (nSPS) is 26.8. The largest absolute Gasteiger partial charge is 0.324 e. The van der Waals surface area contributed by atoms with Crippen LogP contribution in [0, 0.1) is 5.92 Å². The minimum Gasteiger partial charge on any atom is -0.324 e. The molecule has 0 aromatic carbocycles. The molecular weight excluding hydrogens is 228 g/mol. The van der Waals surface area contributed by atoms with Crippen molar-refractivity contribution in [3.8, 4) is 0 Å². The molecule has 0 amide bonds. The van der Waals surface area contributed by atoms with Crippen LogP contribution in [-0.2, 0) is 0 Å². The Hall–Kier alpha value is -0.540. The predicted octanol–water partition coefficient (Wildman–Crippen LogP) is 3.77. The average molecular weight is 250 g/mol. The highest BCUT2D eigenvalue weighted by molar-refractivity contribution is 7.99. The van der Waals surface area contributed by atoms with Crippen LogP contribution in [0.4, 0.5) is 0 Å². The maximum Gasteiger partial charge on any atom is 0.0965 e. The Balaban J connectivity index is 2.00. The van der Waals surface area contributed by atoms with Crippen LogP contribution in [-0.4, -0.2) is 10.2 Å². The Morgan fingerprint density at radius 2 is 2.29 bits per heavy atom. The van der Waals surface area contributed by atoms with Gasteiger partial charge >= 0.3 is 0 Å². The summed E-state index contributed by atoms with van der Waals surface area (Å²) < 4.78 is 0. The van der Waals surface area contributed by atoms with Crippen LogP contribution in [0.5, 0.6) is 0 Å². The Morgan fingerprint density at radius 1 is 1.47 bits per heavy atom. The first-order chi connectivity index (χ1) is 8.15. The monoisotopic (exact) mass is 250 g/mol. The number of thioether (sulfide) groups is 1. The molecule has 1 aliphatic rings. The number of rotatable bonds is 3. The molecule has 1 heterocycles. The van der Waals surface area contributed by atoms with Crippen LogP contribution in [0.3, 0.4) is 0 Å². The molecule has 3 heteroatoms. The molecule has 1 aromatic heterocycles. The third-order valence-corrected chi connectivity index (χ3v) is 4.69. The number of hydrogen-bond donors (Lipinski definition) is 1. The van der Waals surface area contributed by atoms with E-state index in [1.165, 1.54) is 31.2 Å². The van der Waals surface area contributed by atoms with Gasteiger partial charge in [-0.3, -0.25) is 0 Å². The van der Waals surface area contributed by atoms with Crippen molar-refractivity contribution >= 4 is 11.8 Å². The van der Waals surface area contributed by atoms with Gasteiger partial charge in [0.2, 0.25) is 0 Å². The van der Waals surface area contributed by atoms with Gasteiger partial charge in [-0.05, 0) is 43.4 Å². The highest BCUT2D eigenvalue weighted by Crippen LogP contribution is 2.35. The smallest absolute Gasteiger partial charge is 0.0965 e. The molecule has 94 valence electrons. The second kappa shape index (κ2) is 5.87. The summed E-state index contributed by atoms with van der Waals surface area (Å²) >= 11 is 1.93. The first kappa shape index (κ1) is 12.9. The molecule has 0 radical (unpaired) electrons. The lowest BCUT2D eigenvalue weighted by Crippen LogP contribution is -2.15. The summed E-state index contributed by atoms with van der Waals surface area (Å²) in [7, 11) is 0. The van der Waals surface area contributed by atoms with Crippen molar-refractivity contribution in [1.29, 1.82) is 0 Å². The van der Waals surface area contributed by atoms with E-state index >= 15 is 0 Å². The molecule has 17 heavy (non-hydrogen) atoms. The van der Waals surface area contributed by atoms with Crippen molar-refractivity contribution in [3.05, 3.63) is 23.9 Å². The minimum atomic E-state index is 0.0997. The zero-order valence-corrected chi connectivity index (χ0v) is 11.5. The van der Waals surface area contributed by atoms with Crippen molar-refractivity contribution in [1.82, 2.24) is 4.98 Å². The van der Waals surface area contributed by atoms with E-state index in [4.69, 9.17) is 5.73 Å². The number of nitrogens with zero attached hydrogens (tertiary/aromatic N) is 1. The molecule has 1 fully saturated rings. The Labute approximate surface area is 108 Å². The molecule has 2 N–H and O–H groups in total. The van der Waals surface area contributed by atoms with Crippen molar-refractivity contribution in [2.75, 3.05) is 0 Å². The molecule has 0 spiro atoms. The van der Waals surface area contributed by atoms with Crippen molar-refractivity contribution in [2.24, 2.45) is 11.7 Å². The summed E-state index contributed by atoms with van der Waals surface area (Å²) in [4.78, 5) is 4.45. The van der Waals surface area contributed by atoms with Gasteiger partial charge < -0.3 is 5.73 Å². The molecule has 0 aliphatic heterocycles. The third kappa shape index (κ3) is 3.71. The Morgan fingerprint density at radius 3 is 3.00 bits per heavy atom. The molecule has 1 aliphatic carbocycles. The molecule has 0 bridgehead atoms. The molecule has 3 atom stereocenters. The molecular formula is C14H22N2S. The summed E-state index contributed by atoms with van der Waals surface area (Å²) in [6.45, 7) is 4.38. The summed E-state index contributed by atoms with van der Waals surface area (Å²) in [5.74, 6) is 0.873. The molecule has 2 unspecified atom stereocenters. The van der Waals surface area contributed by atoms with E-state index in [-0.39, 0.29) is 6.04 Å². The fourth-order valence-corrected chi connectivity index (χ4v) is 3.81. The number of aromatic nitrogens is 1. The summed E-state index contributed by atoms with van der Waals surface area (Å²) in [6, 6.07) is 4.26. The van der Waals surface area contributed by atoms with E-state index in [0.717, 1.165) is 16.2 Å². The van der Waals surface area contributed by atoms with Gasteiger partial charge in [-0.25, -0.2) is 4.98 Å². The van der Waals surface area contributed by atoms with Gasteiger partial charge in [-0.1, -0.05) is 19.8 Å². The fraction of sp³-hybridized carbons (Fsp3) is 0.643. The Kier molecular flexibility index (Phi) is 4.46. The second-order valence-electron chi connectivity index (χ2n) is 5.23. The van der Waals surface area contributed by atoms with Crippen LogP contribution in [0.25, 0.3) is 0 Å². The highest BCUT2D eigenvalue weighted by atomic mass is 32.2. The fourth-order valence-electron chi connectivity index (χ4n) is 2.43. The van der Waals surface area contributed by atoms with E-state index in [1.54, 1.807) is 0 Å². The third-order valence-electron chi connectivity index (χ3n) is 3.46. The van der Waals surface area contributed by atoms with Crippen molar-refractivity contribution in [3.63, 3.8) is 0 Å². The van der Waals surface area contributed by atoms with Gasteiger partial charge in [0.1, 0.15) is 0 Å². The van der Waals surface area contributed by atoms with E-state index in [9.17, 15) is 0 Å². The van der Waals surface area contributed by atoms with E-state index in [1.807, 2.05) is 30.9 Å². The van der Waals surface area contributed by atoms with Gasteiger partial charge in [-0.2, -0.15) is 0 Å². The van der Waals surface area contributed by atoms with Crippen LogP contribution < -0.4 is 5.73 Å². The lowest BCUT2D eigenvalue weighted by molar-refractivity contribution is 0.394. The lowest BCUT2D eigenvalue weighted by atomic mass is 9.91. The number of hydrogen-bond acceptors (Lipinski definition) is 3. The van der Waals surface area contributed by atoms with Crippen LogP contribution in [0.15, 0.2) is 23.4 Å². The minimum absolute atomic E-state index is 0.0997. The summed E-state index contributed by atoms with van der Waals surface area (Å²) in [5.41, 5.74) is 7.09. The van der Waals surface area contributed by atoms with Crippen molar-refractivity contribution in [2.45, 2.75) is 55.8 Å². The van der Waals surface area contributed by atoms with Gasteiger partial charge in [0.25, 0.3) is 0 Å². The number of nitrogens with two attached hydrogens (primary N) is 1. The SMILES string of the molecule is CC1CCCC(Sc2cc([C@@H](C)N)ccn2)C1. The topological polar surface area (TPSA) is 38.9 Å². The maximum absolute atomic E-state index is 5.90. The first-order valence-electron chi connectivity index (χ1n) is 6.53. The first-order valence-corrected chi connectivity index (χ1v) is 7.41. The van der Waals surface area contributed by atoms with Crippen LogP contribution >= 0.6 is 11.8 Å². The maximum atomic E-state index is 5.90. The van der Waals surface area contributed by atoms with E-state index in [2.05, 4.69) is 18.0 Å². The second-order valence-corrected chi connectivity index (χ2v) is 6.55. The number of pyridine rings is 1. The Bertz CT molecular complexity index is 365. The quantitative estimate of drug-likeness (QED) is 0.887. The molecule has 1 aromatic rings. The van der Waals surface area contributed by atoms with Gasteiger partial charge in [-0.15, -0.1) is 11.8 Å². The van der Waals surface area contributed by atoms with Crippen LogP contribution in [0.1, 0.15) is 51.1 Å². The molecule has 0 saturated heterocycles. The molecule has 2 rings (SSSR count). The average Bonchev–Trinajstić information content (AvgIpc) is 2.29. The standard InChI is InChI=1S/C14H22N2S/c1-10-4-3-5-13(8-10)17-14-9-12(11(2)15)6-7-16-14/h6-7,9-11,13H,3-5,8,15H2,1-2H3/t10?,11-,13?/m1/s1. The van der Waals surface area contributed by atoms with Crippen LogP contribution in [0.2, 0.25) is 0 Å². The van der Waals surface area contributed by atoms with Gasteiger partial charge in [0, 0.05) is 17.5 Å². The summed E-state index contributed by atoms with van der Waals surface area (Å²) in [5, 5.41) is 1.88. The zero-order chi connectivity index (χ0) is 12.3. The van der Waals surface area contributed by atoms with Crippen molar-refractivity contribution < 1.29 is 0 Å². The molecule has 1 saturated carbocycles.